The molecule has 3 rings (SSSR count). The van der Waals surface area contributed by atoms with Crippen molar-refractivity contribution < 1.29 is 9.47 Å². The summed E-state index contributed by atoms with van der Waals surface area (Å²) in [7, 11) is 4.24. The summed E-state index contributed by atoms with van der Waals surface area (Å²) < 4.78 is 11.2. The number of benzene rings is 1. The van der Waals surface area contributed by atoms with Crippen LogP contribution in [0.3, 0.4) is 0 Å². The Morgan fingerprint density at radius 3 is 2.63 bits per heavy atom. The lowest BCUT2D eigenvalue weighted by Crippen LogP contribution is -2.32. The van der Waals surface area contributed by atoms with Gasteiger partial charge in [-0.2, -0.15) is 0 Å². The van der Waals surface area contributed by atoms with E-state index >= 15 is 0 Å². The monoisotopic (exact) mass is 262 g/mol. The molecule has 4 heteroatoms. The molecule has 1 aliphatic carbocycles. The van der Waals surface area contributed by atoms with Gasteiger partial charge in [0.2, 0.25) is 0 Å². The first-order chi connectivity index (χ1) is 9.24. The van der Waals surface area contributed by atoms with Crippen LogP contribution in [-0.4, -0.2) is 44.8 Å². The van der Waals surface area contributed by atoms with Gasteiger partial charge >= 0.3 is 0 Å². The molecule has 0 radical (unpaired) electrons. The molecule has 2 aliphatic rings. The summed E-state index contributed by atoms with van der Waals surface area (Å²) in [5.74, 6) is 1.74. The fourth-order valence-electron chi connectivity index (χ4n) is 2.43. The molecule has 1 aromatic rings. The summed E-state index contributed by atoms with van der Waals surface area (Å²) in [6.07, 6.45) is 2.64. The van der Waals surface area contributed by atoms with Crippen LogP contribution < -0.4 is 14.8 Å². The second kappa shape index (κ2) is 5.39. The van der Waals surface area contributed by atoms with Crippen molar-refractivity contribution in [2.24, 2.45) is 0 Å². The van der Waals surface area contributed by atoms with Crippen molar-refractivity contribution in [1.82, 2.24) is 10.2 Å². The van der Waals surface area contributed by atoms with Gasteiger partial charge in [0.15, 0.2) is 11.5 Å². The van der Waals surface area contributed by atoms with E-state index in [1.165, 1.54) is 18.4 Å². The lowest BCUT2D eigenvalue weighted by Gasteiger charge is -2.27. The molecular formula is C15H22N2O2. The summed E-state index contributed by atoms with van der Waals surface area (Å²) in [4.78, 5) is 2.25. The van der Waals surface area contributed by atoms with E-state index in [1.54, 1.807) is 0 Å². The van der Waals surface area contributed by atoms with Gasteiger partial charge in [0, 0.05) is 18.6 Å². The Kier molecular flexibility index (Phi) is 3.62. The molecule has 0 amide bonds. The Morgan fingerprint density at radius 2 is 1.95 bits per heavy atom. The normalized spacial score (nSPS) is 19.5. The summed E-state index contributed by atoms with van der Waals surface area (Å²) in [6.45, 7) is 2.27. The highest BCUT2D eigenvalue weighted by Crippen LogP contribution is 2.33. The molecule has 104 valence electrons. The molecule has 1 unspecified atom stereocenters. The van der Waals surface area contributed by atoms with Gasteiger partial charge in [-0.05, 0) is 44.6 Å². The van der Waals surface area contributed by atoms with Crippen molar-refractivity contribution in [1.29, 1.82) is 0 Å². The fourth-order valence-corrected chi connectivity index (χ4v) is 2.43. The van der Waals surface area contributed by atoms with Crippen LogP contribution in [0.5, 0.6) is 11.5 Å². The molecule has 4 nitrogen and oxygen atoms in total. The number of rotatable bonds is 5. The van der Waals surface area contributed by atoms with E-state index in [9.17, 15) is 0 Å². The largest absolute Gasteiger partial charge is 0.486 e. The molecule has 1 aromatic carbocycles. The summed E-state index contributed by atoms with van der Waals surface area (Å²) in [5, 5.41) is 3.60. The van der Waals surface area contributed by atoms with Gasteiger partial charge in [0.25, 0.3) is 0 Å². The van der Waals surface area contributed by atoms with Crippen LogP contribution in [0, 0.1) is 0 Å². The lowest BCUT2D eigenvalue weighted by atomic mass is 10.0. The Labute approximate surface area is 114 Å². The third kappa shape index (κ3) is 3.01. The minimum absolute atomic E-state index is 0.372. The highest BCUT2D eigenvalue weighted by atomic mass is 16.6. The Hall–Kier alpha value is -1.26. The van der Waals surface area contributed by atoms with Gasteiger partial charge in [-0.1, -0.05) is 6.07 Å². The highest BCUT2D eigenvalue weighted by molar-refractivity contribution is 5.44. The van der Waals surface area contributed by atoms with Gasteiger partial charge in [-0.3, -0.25) is 0 Å². The van der Waals surface area contributed by atoms with Gasteiger partial charge in [0.1, 0.15) is 13.2 Å². The molecule has 0 saturated heterocycles. The molecule has 19 heavy (non-hydrogen) atoms. The van der Waals surface area contributed by atoms with E-state index in [2.05, 4.69) is 36.4 Å². The highest BCUT2D eigenvalue weighted by Gasteiger charge is 2.24. The number of fused-ring (bicyclic) bond motifs is 1. The SMILES string of the molecule is CN(C)C(CNC1CC1)c1ccc2c(c1)OCCO2. The number of nitrogens with one attached hydrogen (secondary N) is 1. The average molecular weight is 262 g/mol. The topological polar surface area (TPSA) is 33.7 Å². The first kappa shape index (κ1) is 12.8. The fraction of sp³-hybridized carbons (Fsp3) is 0.600. The van der Waals surface area contributed by atoms with Gasteiger partial charge in [0.05, 0.1) is 0 Å². The van der Waals surface area contributed by atoms with Gasteiger partial charge < -0.3 is 19.7 Å². The van der Waals surface area contributed by atoms with Gasteiger partial charge in [-0.25, -0.2) is 0 Å². The number of likely N-dealkylation sites (N-methyl/N-ethyl adjacent to an activating group) is 1. The lowest BCUT2D eigenvalue weighted by molar-refractivity contribution is 0.171. The second-order valence-electron chi connectivity index (χ2n) is 5.57. The van der Waals surface area contributed by atoms with E-state index in [0.717, 1.165) is 24.1 Å². The molecule has 1 atom stereocenters. The summed E-state index contributed by atoms with van der Waals surface area (Å²) in [5.41, 5.74) is 1.28. The Morgan fingerprint density at radius 1 is 1.21 bits per heavy atom. The van der Waals surface area contributed by atoms with Crippen molar-refractivity contribution in [2.45, 2.75) is 24.9 Å². The van der Waals surface area contributed by atoms with E-state index < -0.39 is 0 Å². The minimum atomic E-state index is 0.372. The van der Waals surface area contributed by atoms with Crippen molar-refractivity contribution >= 4 is 0 Å². The predicted octanol–water partition coefficient (Wildman–Crippen LogP) is 1.81. The number of ether oxygens (including phenoxy) is 2. The number of nitrogens with zero attached hydrogens (tertiary/aromatic N) is 1. The van der Waals surface area contributed by atoms with Gasteiger partial charge in [-0.15, -0.1) is 0 Å². The second-order valence-corrected chi connectivity index (χ2v) is 5.57. The van der Waals surface area contributed by atoms with Crippen LogP contribution in [-0.2, 0) is 0 Å². The third-order valence-corrected chi connectivity index (χ3v) is 3.75. The van der Waals surface area contributed by atoms with E-state index in [0.29, 0.717) is 19.3 Å². The van der Waals surface area contributed by atoms with Crippen molar-refractivity contribution in [2.75, 3.05) is 33.9 Å². The van der Waals surface area contributed by atoms with E-state index in [4.69, 9.17) is 9.47 Å². The van der Waals surface area contributed by atoms with Crippen molar-refractivity contribution in [3.63, 3.8) is 0 Å². The standard InChI is InChI=1S/C15H22N2O2/c1-17(2)13(10-16-12-4-5-12)11-3-6-14-15(9-11)19-8-7-18-14/h3,6,9,12-13,16H,4-5,7-8,10H2,1-2H3. The maximum absolute atomic E-state index is 5.67. The molecule has 1 aliphatic heterocycles. The maximum atomic E-state index is 5.67. The predicted molar refractivity (Wildman–Crippen MR) is 74.9 cm³/mol. The Balaban J connectivity index is 1.76. The van der Waals surface area contributed by atoms with Crippen LogP contribution in [0.25, 0.3) is 0 Å². The quantitative estimate of drug-likeness (QED) is 0.877. The van der Waals surface area contributed by atoms with Crippen molar-refractivity contribution in [3.05, 3.63) is 23.8 Å². The molecule has 0 spiro atoms. The van der Waals surface area contributed by atoms with E-state index in [-0.39, 0.29) is 0 Å². The van der Waals surface area contributed by atoms with Crippen LogP contribution in [0.15, 0.2) is 18.2 Å². The zero-order chi connectivity index (χ0) is 13.2. The van der Waals surface area contributed by atoms with Crippen LogP contribution >= 0.6 is 0 Å². The van der Waals surface area contributed by atoms with Crippen LogP contribution in [0.2, 0.25) is 0 Å². The number of hydrogen-bond acceptors (Lipinski definition) is 4. The number of hydrogen-bond donors (Lipinski definition) is 1. The zero-order valence-corrected chi connectivity index (χ0v) is 11.7. The molecule has 1 saturated carbocycles. The van der Waals surface area contributed by atoms with E-state index in [1.807, 2.05) is 6.07 Å². The van der Waals surface area contributed by atoms with Crippen LogP contribution in [0.1, 0.15) is 24.4 Å². The molecule has 0 aromatic heterocycles. The average Bonchev–Trinajstić information content (AvgIpc) is 3.22. The van der Waals surface area contributed by atoms with Crippen molar-refractivity contribution in [3.8, 4) is 11.5 Å². The maximum Gasteiger partial charge on any atom is 0.161 e. The Bertz CT molecular complexity index is 444. The molecule has 1 N–H and O–H groups in total. The molecule has 0 bridgehead atoms. The third-order valence-electron chi connectivity index (χ3n) is 3.75. The minimum Gasteiger partial charge on any atom is -0.486 e. The molecular weight excluding hydrogens is 240 g/mol. The zero-order valence-electron chi connectivity index (χ0n) is 11.7. The first-order valence-corrected chi connectivity index (χ1v) is 7.03. The summed E-state index contributed by atoms with van der Waals surface area (Å²) >= 11 is 0. The first-order valence-electron chi connectivity index (χ1n) is 7.03. The smallest absolute Gasteiger partial charge is 0.161 e. The summed E-state index contributed by atoms with van der Waals surface area (Å²) in [6, 6.07) is 7.40. The molecule has 1 fully saturated rings. The molecule has 1 heterocycles. The van der Waals surface area contributed by atoms with Crippen LogP contribution in [0.4, 0.5) is 0 Å².